The second kappa shape index (κ2) is 6.85. The Morgan fingerprint density at radius 3 is 2.48 bits per heavy atom. The van der Waals surface area contributed by atoms with Gasteiger partial charge in [0.15, 0.2) is 5.69 Å². The molecule has 3 rings (SSSR count). The summed E-state index contributed by atoms with van der Waals surface area (Å²) in [5, 5.41) is 19.7. The molecule has 2 aromatic rings. The van der Waals surface area contributed by atoms with E-state index in [0.29, 0.717) is 36.9 Å². The maximum Gasteiger partial charge on any atom is 0.354 e. The Bertz CT molecular complexity index is 829. The number of nitrogens with zero attached hydrogens (tertiary/aromatic N) is 4. The summed E-state index contributed by atoms with van der Waals surface area (Å²) in [5.74, 6) is -0.765. The third kappa shape index (κ3) is 3.58. The minimum absolute atomic E-state index is 0.0260. The predicted molar refractivity (Wildman–Crippen MR) is 90.3 cm³/mol. The van der Waals surface area contributed by atoms with Crippen molar-refractivity contribution in [2.45, 2.75) is 0 Å². The third-order valence-electron chi connectivity index (χ3n) is 3.83. The largest absolute Gasteiger partial charge is 0.477 e. The number of rotatable bonds is 4. The summed E-state index contributed by atoms with van der Waals surface area (Å²) in [7, 11) is 0. The van der Waals surface area contributed by atoms with Crippen molar-refractivity contribution in [1.29, 1.82) is 0 Å². The lowest BCUT2D eigenvalue weighted by molar-refractivity contribution is -0.380. The highest BCUT2D eigenvalue weighted by Crippen LogP contribution is 2.25. The van der Waals surface area contributed by atoms with Crippen LogP contribution < -0.4 is 4.90 Å². The Morgan fingerprint density at radius 1 is 1.16 bits per heavy atom. The number of aromatic nitrogens is 1. The van der Waals surface area contributed by atoms with Crippen LogP contribution in [0.15, 0.2) is 30.3 Å². The molecule has 10 heteroatoms. The van der Waals surface area contributed by atoms with Crippen molar-refractivity contribution in [3.05, 3.63) is 51.0 Å². The standard InChI is InChI=1S/C15H14N4O5S/c20-14(11-4-5-13(25-11)19(23)24)18-8-6-17(7-9-18)12-3-1-2-10(16-12)15(21)22/h1-5H,6-9H2,(H,21,22). The van der Waals surface area contributed by atoms with Crippen LogP contribution in [-0.2, 0) is 0 Å². The van der Waals surface area contributed by atoms with E-state index in [1.54, 1.807) is 17.0 Å². The highest BCUT2D eigenvalue weighted by Gasteiger charge is 2.25. The first kappa shape index (κ1) is 16.8. The van der Waals surface area contributed by atoms with E-state index >= 15 is 0 Å². The van der Waals surface area contributed by atoms with Gasteiger partial charge in [0.05, 0.1) is 9.80 Å². The van der Waals surface area contributed by atoms with Gasteiger partial charge in [-0.05, 0) is 18.2 Å². The molecular formula is C15H14N4O5S. The minimum Gasteiger partial charge on any atom is -0.477 e. The van der Waals surface area contributed by atoms with Crippen molar-refractivity contribution >= 4 is 34.0 Å². The molecule has 1 aliphatic heterocycles. The van der Waals surface area contributed by atoms with E-state index in [1.165, 1.54) is 18.2 Å². The summed E-state index contributed by atoms with van der Waals surface area (Å²) in [5.41, 5.74) is -0.0260. The predicted octanol–water partition coefficient (Wildman–Crippen LogP) is 1.71. The molecule has 1 N–H and O–H groups in total. The molecule has 0 aliphatic carbocycles. The Kier molecular flexibility index (Phi) is 4.61. The maximum atomic E-state index is 12.4. The van der Waals surface area contributed by atoms with Crippen LogP contribution in [0.5, 0.6) is 0 Å². The van der Waals surface area contributed by atoms with Crippen molar-refractivity contribution in [1.82, 2.24) is 9.88 Å². The van der Waals surface area contributed by atoms with E-state index in [1.807, 2.05) is 4.90 Å². The van der Waals surface area contributed by atoms with Crippen LogP contribution >= 0.6 is 11.3 Å². The molecule has 1 fully saturated rings. The van der Waals surface area contributed by atoms with E-state index in [0.717, 1.165) is 11.3 Å². The van der Waals surface area contributed by atoms with Gasteiger partial charge in [-0.2, -0.15) is 0 Å². The second-order valence-electron chi connectivity index (χ2n) is 5.36. The lowest BCUT2D eigenvalue weighted by Gasteiger charge is -2.35. The molecular weight excluding hydrogens is 348 g/mol. The van der Waals surface area contributed by atoms with E-state index in [4.69, 9.17) is 5.11 Å². The van der Waals surface area contributed by atoms with Gasteiger partial charge >= 0.3 is 11.0 Å². The number of hydrogen-bond acceptors (Lipinski definition) is 7. The number of nitro groups is 1. The van der Waals surface area contributed by atoms with Gasteiger partial charge in [-0.25, -0.2) is 9.78 Å². The van der Waals surface area contributed by atoms with E-state index in [9.17, 15) is 19.7 Å². The molecule has 0 bridgehead atoms. The molecule has 25 heavy (non-hydrogen) atoms. The van der Waals surface area contributed by atoms with Gasteiger partial charge in [-0.3, -0.25) is 14.9 Å². The number of carboxylic acids is 1. The Balaban J connectivity index is 1.65. The first-order valence-electron chi connectivity index (χ1n) is 7.44. The van der Waals surface area contributed by atoms with Crippen molar-refractivity contribution in [3.8, 4) is 0 Å². The SMILES string of the molecule is O=C(O)c1cccc(N2CCN(C(=O)c3ccc([N+](=O)[O-])s3)CC2)n1. The Labute approximate surface area is 146 Å². The Morgan fingerprint density at radius 2 is 1.88 bits per heavy atom. The molecule has 1 amide bonds. The molecule has 1 saturated heterocycles. The summed E-state index contributed by atoms with van der Waals surface area (Å²) in [4.78, 5) is 41.6. The molecule has 0 aromatic carbocycles. The maximum absolute atomic E-state index is 12.4. The first-order chi connectivity index (χ1) is 12.0. The number of carbonyl (C=O) groups is 2. The molecule has 0 radical (unpaired) electrons. The van der Waals surface area contributed by atoms with Crippen molar-refractivity contribution in [3.63, 3.8) is 0 Å². The zero-order chi connectivity index (χ0) is 18.0. The van der Waals surface area contributed by atoms with E-state index < -0.39 is 10.9 Å². The fourth-order valence-electron chi connectivity index (χ4n) is 2.55. The summed E-state index contributed by atoms with van der Waals surface area (Å²) in [6.07, 6.45) is 0. The molecule has 0 spiro atoms. The number of piperazine rings is 1. The molecule has 130 valence electrons. The molecule has 2 aromatic heterocycles. The number of anilines is 1. The van der Waals surface area contributed by atoms with E-state index in [2.05, 4.69) is 4.98 Å². The molecule has 0 atom stereocenters. The number of carboxylic acid groups (broad SMARTS) is 1. The average molecular weight is 362 g/mol. The second-order valence-corrected chi connectivity index (χ2v) is 6.42. The van der Waals surface area contributed by atoms with E-state index in [-0.39, 0.29) is 16.6 Å². The van der Waals surface area contributed by atoms with Gasteiger partial charge in [-0.1, -0.05) is 17.4 Å². The Hall–Kier alpha value is -3.01. The smallest absolute Gasteiger partial charge is 0.354 e. The van der Waals surface area contributed by atoms with Gasteiger partial charge < -0.3 is 14.9 Å². The number of aromatic carboxylic acids is 1. The molecule has 0 saturated carbocycles. The van der Waals surface area contributed by atoms with Gasteiger partial charge in [0.1, 0.15) is 5.82 Å². The zero-order valence-electron chi connectivity index (χ0n) is 13.0. The summed E-state index contributed by atoms with van der Waals surface area (Å²) in [6.45, 7) is 1.89. The van der Waals surface area contributed by atoms with Crippen molar-refractivity contribution < 1.29 is 19.6 Å². The highest BCUT2D eigenvalue weighted by atomic mass is 32.1. The molecule has 0 unspecified atom stereocenters. The quantitative estimate of drug-likeness (QED) is 0.650. The van der Waals surface area contributed by atoms with Gasteiger partial charge in [0.25, 0.3) is 5.91 Å². The van der Waals surface area contributed by atoms with Crippen LogP contribution in [0.1, 0.15) is 20.2 Å². The van der Waals surface area contributed by atoms with Crippen LogP contribution in [0.3, 0.4) is 0 Å². The van der Waals surface area contributed by atoms with Crippen LogP contribution in [0.4, 0.5) is 10.8 Å². The van der Waals surface area contributed by atoms with Crippen molar-refractivity contribution in [2.24, 2.45) is 0 Å². The monoisotopic (exact) mass is 362 g/mol. The van der Waals surface area contributed by atoms with Crippen molar-refractivity contribution in [2.75, 3.05) is 31.1 Å². The summed E-state index contributed by atoms with van der Waals surface area (Å²) >= 11 is 0.864. The zero-order valence-corrected chi connectivity index (χ0v) is 13.8. The fourth-order valence-corrected chi connectivity index (χ4v) is 3.34. The van der Waals surface area contributed by atoms with Crippen LogP contribution in [-0.4, -0.2) is 58.0 Å². The van der Waals surface area contributed by atoms with Gasteiger partial charge in [-0.15, -0.1) is 0 Å². The normalized spacial score (nSPS) is 14.4. The summed E-state index contributed by atoms with van der Waals surface area (Å²) < 4.78 is 0. The number of hydrogen-bond donors (Lipinski definition) is 1. The number of thiophene rings is 1. The topological polar surface area (TPSA) is 117 Å². The van der Waals surface area contributed by atoms with Crippen LogP contribution in [0.2, 0.25) is 0 Å². The molecule has 1 aliphatic rings. The van der Waals surface area contributed by atoms with Crippen LogP contribution in [0.25, 0.3) is 0 Å². The molecule has 9 nitrogen and oxygen atoms in total. The number of carbonyl (C=O) groups excluding carboxylic acids is 1. The molecule has 3 heterocycles. The lowest BCUT2D eigenvalue weighted by Crippen LogP contribution is -2.49. The fraction of sp³-hybridized carbons (Fsp3) is 0.267. The van der Waals surface area contributed by atoms with Gasteiger partial charge in [0, 0.05) is 32.2 Å². The third-order valence-corrected chi connectivity index (χ3v) is 4.85. The van der Waals surface area contributed by atoms with Gasteiger partial charge in [0.2, 0.25) is 0 Å². The summed E-state index contributed by atoms with van der Waals surface area (Å²) in [6, 6.07) is 7.58. The minimum atomic E-state index is -1.09. The number of pyridine rings is 1. The highest BCUT2D eigenvalue weighted by molar-refractivity contribution is 7.17. The van der Waals surface area contributed by atoms with Crippen LogP contribution in [0, 0.1) is 10.1 Å². The number of amides is 1. The first-order valence-corrected chi connectivity index (χ1v) is 8.26. The lowest BCUT2D eigenvalue weighted by atomic mass is 10.2. The average Bonchev–Trinajstić information content (AvgIpc) is 3.12.